The maximum atomic E-state index is 5.47. The number of hydrogen-bond acceptors (Lipinski definition) is 12. The Morgan fingerprint density at radius 2 is 0.214 bits per heavy atom. The van der Waals surface area contributed by atoms with Crippen molar-refractivity contribution < 1.29 is 21.1 Å². The molecule has 0 radical (unpaired) electrons. The molecule has 0 fully saturated rings. The van der Waals surface area contributed by atoms with Gasteiger partial charge in [-0.3, -0.25) is 0 Å². The zero-order valence-electron chi connectivity index (χ0n) is 88.2. The van der Waals surface area contributed by atoms with E-state index in [1.54, 1.807) is 0 Å². The molecule has 0 aliphatic carbocycles. The van der Waals surface area contributed by atoms with Gasteiger partial charge in [-0.1, -0.05) is 404 Å². The Balaban J connectivity index is 0.000000266. The standard InChI is InChI=1S/6C21H27NS2.Mo/c6*1-3-5-11-17-13-7-9-15-19(17)22(21(23)24)20-16-10-8-14-18(20)12-6-4-2;/h6*7-10,13-16H,3-6,11-12H2,1-2H3,(H,23,24);/q;;;;;;+6/p-6. The van der Waals surface area contributed by atoms with Gasteiger partial charge in [0.05, 0.1) is 0 Å². The van der Waals surface area contributed by atoms with Gasteiger partial charge in [-0.25, -0.2) is 0 Å². The largest absolute Gasteiger partial charge is 6.00 e. The summed E-state index contributed by atoms with van der Waals surface area (Å²) in [5.41, 5.74) is 29.4. The predicted molar refractivity (Wildman–Crippen MR) is 673 cm³/mol. The zero-order chi connectivity index (χ0) is 104. The molecule has 0 aliphatic rings. The smallest absolute Gasteiger partial charge is 0.411 e. The number of thiocarbonyl (C=S) groups is 6. The molecule has 0 bridgehead atoms. The van der Waals surface area contributed by atoms with Gasteiger partial charge in [0, 0.05) is 68.2 Å². The van der Waals surface area contributed by atoms with Gasteiger partial charge < -0.3 is 178 Å². The van der Waals surface area contributed by atoms with Crippen LogP contribution >= 0.6 is 73.3 Å². The van der Waals surface area contributed by atoms with Gasteiger partial charge in [0.15, 0.2) is 0 Å². The van der Waals surface area contributed by atoms with Crippen molar-refractivity contribution in [1.29, 1.82) is 0 Å². The van der Waals surface area contributed by atoms with E-state index in [0.29, 0.717) is 25.9 Å². The van der Waals surface area contributed by atoms with Crippen molar-refractivity contribution >= 4 is 243 Å². The summed E-state index contributed by atoms with van der Waals surface area (Å²) in [5, 5.41) is 0. The Hall–Kier alpha value is -8.01. The Bertz CT molecular complexity index is 4610. The summed E-state index contributed by atoms with van der Waals surface area (Å²) in [6.45, 7) is 26.6. The molecule has 0 spiro atoms. The SMILES string of the molecule is CCCCc1ccccc1N(C(=S)[S-])c1ccccc1CCCC.CCCCc1ccccc1N(C(=S)[S-])c1ccccc1CCCC.CCCCc1ccccc1N(C(=S)[S-])c1ccccc1CCCC.CCCCc1ccccc1N(C(=S)[S-])c1ccccc1CCCC.CCCCc1ccccc1N(C(=S)[S-])c1ccccc1CCCC.CCCCc1ccccc1N(C(=S)[S-])c1ccccc1CCCC.[Mo+6]. The number of aryl methyl sites for hydroxylation is 12. The molecular weight excluding hydrogens is 2080 g/mol. The van der Waals surface area contributed by atoms with Crippen LogP contribution in [0.1, 0.15) is 304 Å². The number of rotatable bonds is 48. The van der Waals surface area contributed by atoms with Gasteiger partial charge >= 0.3 is 21.1 Å². The third-order valence-electron chi connectivity index (χ3n) is 25.5. The summed E-state index contributed by atoms with van der Waals surface area (Å²) < 4.78 is 2.93. The van der Waals surface area contributed by atoms with Gasteiger partial charge in [-0.2, -0.15) is 0 Å². The molecule has 0 atom stereocenters. The first-order valence-corrected chi connectivity index (χ1v) is 58.0. The topological polar surface area (TPSA) is 19.4 Å². The van der Waals surface area contributed by atoms with Crippen molar-refractivity contribution in [1.82, 2.24) is 0 Å². The fourth-order valence-corrected chi connectivity index (χ4v) is 20.0. The van der Waals surface area contributed by atoms with Crippen LogP contribution in [-0.4, -0.2) is 25.9 Å². The average Bonchev–Trinajstić information content (AvgIpc) is 0.825. The van der Waals surface area contributed by atoms with Crippen molar-refractivity contribution in [2.24, 2.45) is 0 Å². The number of para-hydroxylation sites is 12. The maximum Gasteiger partial charge on any atom is 6.00 e. The molecule has 19 heteroatoms. The van der Waals surface area contributed by atoms with Gasteiger partial charge in [0.2, 0.25) is 0 Å². The first-order chi connectivity index (χ1) is 70.1. The van der Waals surface area contributed by atoms with Crippen molar-refractivity contribution in [3.05, 3.63) is 358 Å². The Kier molecular flexibility index (Phi) is 63.4. The Morgan fingerprint density at radius 1 is 0.145 bits per heavy atom. The molecule has 0 saturated carbocycles. The van der Waals surface area contributed by atoms with E-state index in [0.717, 1.165) is 145 Å². The van der Waals surface area contributed by atoms with E-state index in [1.165, 1.54) is 221 Å². The summed E-state index contributed by atoms with van der Waals surface area (Å²) >= 11 is 65.6. The summed E-state index contributed by atoms with van der Waals surface area (Å²) in [6.07, 6.45) is 40.9. The van der Waals surface area contributed by atoms with Crippen LogP contribution in [0.3, 0.4) is 0 Å². The molecule has 12 aromatic carbocycles. The number of anilines is 12. The second-order valence-corrected chi connectivity index (χ2v) is 42.6. The molecule has 0 unspecified atom stereocenters. The molecule has 0 aromatic heterocycles. The Morgan fingerprint density at radius 3 is 0.276 bits per heavy atom. The molecule has 0 heterocycles. The quantitative estimate of drug-likeness (QED) is 0.0205. The number of benzene rings is 12. The van der Waals surface area contributed by atoms with E-state index in [2.05, 4.69) is 404 Å². The second kappa shape index (κ2) is 73.2. The van der Waals surface area contributed by atoms with E-state index in [4.69, 9.17) is 149 Å². The van der Waals surface area contributed by atoms with Crippen LogP contribution < -0.4 is 29.4 Å². The summed E-state index contributed by atoms with van der Waals surface area (Å²) in [7, 11) is 0. The van der Waals surface area contributed by atoms with E-state index in [1.807, 2.05) is 0 Å². The second-order valence-electron chi connectivity index (χ2n) is 36.4. The normalized spacial score (nSPS) is 10.5. The fraction of sp³-hybridized carbons (Fsp3) is 0.381. The van der Waals surface area contributed by atoms with Crippen LogP contribution in [0.25, 0.3) is 0 Å². The van der Waals surface area contributed by atoms with Crippen LogP contribution in [0.15, 0.2) is 291 Å². The third-order valence-corrected chi connectivity index (χ3v) is 27.7. The molecule has 12 aromatic rings. The van der Waals surface area contributed by atoms with Crippen LogP contribution in [0, 0.1) is 0 Å². The van der Waals surface area contributed by atoms with Crippen molar-refractivity contribution in [3.8, 4) is 0 Å². The molecule has 6 nitrogen and oxygen atoms in total. The molecule has 12 rings (SSSR count). The molecule has 768 valence electrons. The van der Waals surface area contributed by atoms with Crippen molar-refractivity contribution in [2.45, 2.75) is 314 Å². The van der Waals surface area contributed by atoms with Crippen molar-refractivity contribution in [2.75, 3.05) is 29.4 Å². The average molecular weight is 2240 g/mol. The minimum absolute atomic E-state index is 0. The molecule has 0 saturated heterocycles. The van der Waals surface area contributed by atoms with Crippen LogP contribution in [0.4, 0.5) is 68.2 Å². The predicted octanol–water partition coefficient (Wildman–Crippen LogP) is 38.0. The summed E-state index contributed by atoms with van der Waals surface area (Å²) in [6, 6.07) is 102. The minimum atomic E-state index is 0. The number of unbranched alkanes of at least 4 members (excludes halogenated alkanes) is 12. The molecule has 0 aliphatic heterocycles. The monoisotopic (exact) mass is 2230 g/mol. The maximum absolute atomic E-state index is 5.47. The minimum Gasteiger partial charge on any atom is -0.411 e. The number of hydrogen-bond donors (Lipinski definition) is 0. The molecule has 0 amide bonds. The van der Waals surface area contributed by atoms with Gasteiger partial charge in [0.1, 0.15) is 0 Å². The van der Waals surface area contributed by atoms with E-state index in [-0.39, 0.29) is 21.1 Å². The van der Waals surface area contributed by atoms with Gasteiger partial charge in [-0.05, 0) is 294 Å². The van der Waals surface area contributed by atoms with Crippen LogP contribution in [-0.2, 0) is 174 Å². The van der Waals surface area contributed by atoms with Gasteiger partial charge in [0.25, 0.3) is 0 Å². The summed E-state index contributed by atoms with van der Waals surface area (Å²) in [4.78, 5) is 12.5. The van der Waals surface area contributed by atoms with E-state index in [9.17, 15) is 0 Å². The molecule has 145 heavy (non-hydrogen) atoms. The first-order valence-electron chi connectivity index (χ1n) is 53.1. The van der Waals surface area contributed by atoms with Crippen molar-refractivity contribution in [3.63, 3.8) is 0 Å². The zero-order valence-corrected chi connectivity index (χ0v) is 100.0. The fourth-order valence-electron chi connectivity index (χ4n) is 17.7. The van der Waals surface area contributed by atoms with Crippen LogP contribution in [0.5, 0.6) is 0 Å². The molecular formula is C126H156MoN6S12. The summed E-state index contributed by atoms with van der Waals surface area (Å²) in [5.74, 6) is 0. The van der Waals surface area contributed by atoms with Crippen LogP contribution in [0.2, 0.25) is 0 Å². The Labute approximate surface area is 956 Å². The number of nitrogens with zero attached hydrogens (tertiary/aromatic N) is 6. The third kappa shape index (κ3) is 41.0. The van der Waals surface area contributed by atoms with Gasteiger partial charge in [-0.15, -0.1) is 0 Å². The van der Waals surface area contributed by atoms with E-state index < -0.39 is 0 Å². The van der Waals surface area contributed by atoms with E-state index >= 15 is 0 Å². The first kappa shape index (κ1) is 126. The molecule has 0 N–H and O–H groups in total.